The Bertz CT molecular complexity index is 336. The van der Waals surface area contributed by atoms with Gasteiger partial charge in [0.15, 0.2) is 0 Å². The van der Waals surface area contributed by atoms with Crippen LogP contribution >= 0.6 is 0 Å². The Kier molecular flexibility index (Phi) is 2.71. The molecule has 0 unspecified atom stereocenters. The molecule has 3 nitrogen and oxygen atoms in total. The van der Waals surface area contributed by atoms with E-state index < -0.39 is 4.92 Å². The Morgan fingerprint density at radius 2 is 2.08 bits per heavy atom. The molecule has 2 radical (unpaired) electrons. The molecule has 0 bridgehead atoms. The fourth-order valence-corrected chi connectivity index (χ4v) is 1.20. The second-order valence-electron chi connectivity index (χ2n) is 3.23. The summed E-state index contributed by atoms with van der Waals surface area (Å²) in [6.07, 6.45) is 0. The van der Waals surface area contributed by atoms with Gasteiger partial charge in [-0.1, -0.05) is 30.9 Å². The summed E-state index contributed by atoms with van der Waals surface area (Å²) in [4.78, 5) is 9.94. The second-order valence-corrected chi connectivity index (χ2v) is 3.23. The predicted octanol–water partition coefficient (Wildman–Crippen LogP) is 1.51. The average Bonchev–Trinajstić information content (AvgIpc) is 2.03. The minimum atomic E-state index is -0.444. The maximum Gasteiger partial charge on any atom is 0.268 e. The molecule has 0 N–H and O–H groups in total. The SMILES string of the molecule is [B]c1cc([N+](=O)[O-])ccc1C(C)C. The quantitative estimate of drug-likeness (QED) is 0.388. The second kappa shape index (κ2) is 3.60. The van der Waals surface area contributed by atoms with Crippen LogP contribution in [0.1, 0.15) is 25.3 Å². The van der Waals surface area contributed by atoms with Gasteiger partial charge >= 0.3 is 0 Å². The maximum absolute atomic E-state index is 10.4. The van der Waals surface area contributed by atoms with Gasteiger partial charge in [-0.15, -0.1) is 0 Å². The van der Waals surface area contributed by atoms with Crippen LogP contribution in [-0.4, -0.2) is 12.8 Å². The number of rotatable bonds is 2. The van der Waals surface area contributed by atoms with E-state index in [0.29, 0.717) is 11.4 Å². The fourth-order valence-electron chi connectivity index (χ4n) is 1.20. The summed E-state index contributed by atoms with van der Waals surface area (Å²) < 4.78 is 0. The smallest absolute Gasteiger partial charge is 0.258 e. The van der Waals surface area contributed by atoms with E-state index in [0.717, 1.165) is 5.56 Å². The zero-order chi connectivity index (χ0) is 10.0. The fraction of sp³-hybridized carbons (Fsp3) is 0.333. The van der Waals surface area contributed by atoms with Crippen molar-refractivity contribution in [1.29, 1.82) is 0 Å². The van der Waals surface area contributed by atoms with Crippen molar-refractivity contribution >= 4 is 19.0 Å². The molecule has 66 valence electrons. The first-order chi connectivity index (χ1) is 6.02. The van der Waals surface area contributed by atoms with Crippen molar-refractivity contribution in [3.8, 4) is 0 Å². The lowest BCUT2D eigenvalue weighted by Gasteiger charge is -2.08. The standard InChI is InChI=1S/C9H10BNO2/c1-6(2)8-4-3-7(11(12)13)5-9(8)10/h3-6H,1-2H3. The van der Waals surface area contributed by atoms with Crippen molar-refractivity contribution in [1.82, 2.24) is 0 Å². The topological polar surface area (TPSA) is 43.1 Å². The van der Waals surface area contributed by atoms with Crippen LogP contribution in [0.3, 0.4) is 0 Å². The molecule has 0 heterocycles. The summed E-state index contributed by atoms with van der Waals surface area (Å²) in [5.74, 6) is 0.292. The molecule has 0 amide bonds. The molecule has 1 aromatic carbocycles. The Morgan fingerprint density at radius 3 is 2.46 bits per heavy atom. The van der Waals surface area contributed by atoms with Gasteiger partial charge in [0.1, 0.15) is 7.85 Å². The van der Waals surface area contributed by atoms with Crippen LogP contribution < -0.4 is 5.46 Å². The number of benzene rings is 1. The highest BCUT2D eigenvalue weighted by Crippen LogP contribution is 2.15. The maximum atomic E-state index is 10.4. The number of nitro groups is 1. The molecule has 0 aliphatic rings. The molecular formula is C9H10BNO2. The van der Waals surface area contributed by atoms with Crippen LogP contribution in [0, 0.1) is 10.1 Å². The molecule has 1 rings (SSSR count). The van der Waals surface area contributed by atoms with E-state index >= 15 is 0 Å². The lowest BCUT2D eigenvalue weighted by molar-refractivity contribution is -0.384. The molecule has 0 aliphatic carbocycles. The zero-order valence-corrected chi connectivity index (χ0v) is 7.65. The Hall–Kier alpha value is -1.32. The van der Waals surface area contributed by atoms with Gasteiger partial charge in [-0.25, -0.2) is 0 Å². The van der Waals surface area contributed by atoms with Gasteiger partial charge in [-0.3, -0.25) is 10.1 Å². The van der Waals surface area contributed by atoms with Crippen LogP contribution in [-0.2, 0) is 0 Å². The summed E-state index contributed by atoms with van der Waals surface area (Å²) in [7, 11) is 5.66. The first kappa shape index (κ1) is 9.77. The van der Waals surface area contributed by atoms with E-state index in [1.165, 1.54) is 12.1 Å². The third-order valence-electron chi connectivity index (χ3n) is 1.90. The van der Waals surface area contributed by atoms with Gasteiger partial charge in [-0.05, 0) is 5.92 Å². The molecule has 0 saturated heterocycles. The first-order valence-electron chi connectivity index (χ1n) is 4.06. The number of nitrogens with zero attached hydrogens (tertiary/aromatic N) is 1. The van der Waals surface area contributed by atoms with Gasteiger partial charge < -0.3 is 0 Å². The van der Waals surface area contributed by atoms with E-state index in [1.807, 2.05) is 13.8 Å². The minimum absolute atomic E-state index is 0.0434. The number of non-ortho nitro benzene ring substituents is 1. The van der Waals surface area contributed by atoms with Crippen LogP contribution in [0.25, 0.3) is 0 Å². The normalized spacial score (nSPS) is 10.4. The summed E-state index contributed by atoms with van der Waals surface area (Å²) in [5, 5.41) is 10.4. The van der Waals surface area contributed by atoms with E-state index in [1.54, 1.807) is 6.07 Å². The minimum Gasteiger partial charge on any atom is -0.258 e. The van der Waals surface area contributed by atoms with Gasteiger partial charge in [0.2, 0.25) is 0 Å². The first-order valence-corrected chi connectivity index (χ1v) is 4.06. The largest absolute Gasteiger partial charge is 0.268 e. The molecule has 13 heavy (non-hydrogen) atoms. The number of hydrogen-bond donors (Lipinski definition) is 0. The van der Waals surface area contributed by atoms with Gasteiger partial charge in [-0.2, -0.15) is 0 Å². The van der Waals surface area contributed by atoms with Gasteiger partial charge in [0, 0.05) is 12.1 Å². The van der Waals surface area contributed by atoms with E-state index in [9.17, 15) is 10.1 Å². The summed E-state index contributed by atoms with van der Waals surface area (Å²) in [6.45, 7) is 4.00. The number of hydrogen-bond acceptors (Lipinski definition) is 2. The summed E-state index contributed by atoms with van der Waals surface area (Å²) in [5.41, 5.74) is 1.48. The number of nitro benzene ring substituents is 1. The monoisotopic (exact) mass is 175 g/mol. The molecule has 0 atom stereocenters. The zero-order valence-electron chi connectivity index (χ0n) is 7.65. The molecule has 0 fully saturated rings. The third kappa shape index (κ3) is 2.08. The molecule has 0 aromatic heterocycles. The highest BCUT2D eigenvalue weighted by molar-refractivity contribution is 6.33. The van der Waals surface area contributed by atoms with Crippen molar-refractivity contribution in [3.63, 3.8) is 0 Å². The van der Waals surface area contributed by atoms with Crippen LogP contribution in [0.2, 0.25) is 0 Å². The Balaban J connectivity index is 3.13. The summed E-state index contributed by atoms with van der Waals surface area (Å²) >= 11 is 0. The predicted molar refractivity (Wildman–Crippen MR) is 52.6 cm³/mol. The van der Waals surface area contributed by atoms with Crippen LogP contribution in [0.4, 0.5) is 5.69 Å². The van der Waals surface area contributed by atoms with E-state index in [-0.39, 0.29) is 5.69 Å². The van der Waals surface area contributed by atoms with Crippen LogP contribution in [0.15, 0.2) is 18.2 Å². The van der Waals surface area contributed by atoms with Crippen molar-refractivity contribution in [3.05, 3.63) is 33.9 Å². The van der Waals surface area contributed by atoms with Crippen molar-refractivity contribution in [2.24, 2.45) is 0 Å². The van der Waals surface area contributed by atoms with Crippen molar-refractivity contribution in [2.75, 3.05) is 0 Å². The average molecular weight is 175 g/mol. The Morgan fingerprint density at radius 1 is 1.46 bits per heavy atom. The molecule has 0 spiro atoms. The lowest BCUT2D eigenvalue weighted by atomic mass is 9.85. The van der Waals surface area contributed by atoms with Crippen molar-refractivity contribution < 1.29 is 4.92 Å². The highest BCUT2D eigenvalue weighted by Gasteiger charge is 2.08. The molecular weight excluding hydrogens is 165 g/mol. The van der Waals surface area contributed by atoms with Gasteiger partial charge in [0.25, 0.3) is 5.69 Å². The molecule has 4 heteroatoms. The van der Waals surface area contributed by atoms with Crippen molar-refractivity contribution in [2.45, 2.75) is 19.8 Å². The van der Waals surface area contributed by atoms with E-state index in [4.69, 9.17) is 7.85 Å². The Labute approximate surface area is 78.3 Å². The van der Waals surface area contributed by atoms with E-state index in [2.05, 4.69) is 0 Å². The lowest BCUT2D eigenvalue weighted by Crippen LogP contribution is -2.12. The van der Waals surface area contributed by atoms with Gasteiger partial charge in [0.05, 0.1) is 4.92 Å². The van der Waals surface area contributed by atoms with Crippen LogP contribution in [0.5, 0.6) is 0 Å². The molecule has 0 aliphatic heterocycles. The third-order valence-corrected chi connectivity index (χ3v) is 1.90. The molecule has 0 saturated carbocycles. The highest BCUT2D eigenvalue weighted by atomic mass is 16.6. The molecule has 1 aromatic rings. The summed E-state index contributed by atoms with van der Waals surface area (Å²) in [6, 6.07) is 4.58.